The number of aryl methyl sites for hydroxylation is 2. The number of hydrogen-bond acceptors (Lipinski definition) is 4. The number of carbonyl (C=O) groups excluding carboxylic acids is 1. The number of pyridine rings is 1. The molecule has 2 aromatic heterocycles. The second-order valence-corrected chi connectivity index (χ2v) is 8.93. The van der Waals surface area contributed by atoms with Crippen LogP contribution in [0.5, 0.6) is 0 Å². The molecule has 2 heterocycles. The van der Waals surface area contributed by atoms with Crippen molar-refractivity contribution in [2.24, 2.45) is 0 Å². The van der Waals surface area contributed by atoms with E-state index in [1.165, 1.54) is 34.8 Å². The van der Waals surface area contributed by atoms with Crippen molar-refractivity contribution in [3.05, 3.63) is 58.9 Å². The summed E-state index contributed by atoms with van der Waals surface area (Å²) in [5.41, 5.74) is 5.22. The molecule has 4 nitrogen and oxygen atoms in total. The summed E-state index contributed by atoms with van der Waals surface area (Å²) in [7, 11) is 0. The van der Waals surface area contributed by atoms with Gasteiger partial charge in [0.05, 0.1) is 11.1 Å². The molecule has 0 radical (unpaired) electrons. The maximum absolute atomic E-state index is 13.2. The van der Waals surface area contributed by atoms with Gasteiger partial charge >= 0.3 is 0 Å². The van der Waals surface area contributed by atoms with Crippen LogP contribution in [0.25, 0.3) is 10.9 Å². The zero-order chi connectivity index (χ0) is 20.9. The first-order valence-corrected chi connectivity index (χ1v) is 11.9. The van der Waals surface area contributed by atoms with Gasteiger partial charge in [0.1, 0.15) is 11.1 Å². The molecule has 0 saturated carbocycles. The molecular weight excluding hydrogens is 390 g/mol. The van der Waals surface area contributed by atoms with Crippen LogP contribution in [0.4, 0.5) is 0 Å². The van der Waals surface area contributed by atoms with Crippen LogP contribution in [-0.2, 0) is 19.3 Å². The maximum Gasteiger partial charge on any atom is 0.232 e. The van der Waals surface area contributed by atoms with E-state index in [2.05, 4.69) is 36.2 Å². The number of fused-ring (bicyclic) bond motifs is 3. The molecule has 0 fully saturated rings. The topological polar surface area (TPSA) is 58.7 Å². The van der Waals surface area contributed by atoms with Gasteiger partial charge in [-0.2, -0.15) is 5.26 Å². The smallest absolute Gasteiger partial charge is 0.232 e. The van der Waals surface area contributed by atoms with Crippen molar-refractivity contribution in [2.75, 3.05) is 5.75 Å². The first-order valence-electron chi connectivity index (χ1n) is 10.9. The Bertz CT molecular complexity index is 1110. The second-order valence-electron chi connectivity index (χ2n) is 7.85. The lowest BCUT2D eigenvalue weighted by Crippen LogP contribution is -2.16. The van der Waals surface area contributed by atoms with Crippen LogP contribution in [0.3, 0.4) is 0 Å². The van der Waals surface area contributed by atoms with E-state index in [0.29, 0.717) is 17.7 Å². The summed E-state index contributed by atoms with van der Waals surface area (Å²) in [5.74, 6) is 0.765. The summed E-state index contributed by atoms with van der Waals surface area (Å²) < 4.78 is 1.96. The number of hydrogen-bond donors (Lipinski definition) is 0. The number of aromatic nitrogens is 2. The zero-order valence-corrected chi connectivity index (χ0v) is 18.3. The van der Waals surface area contributed by atoms with E-state index in [9.17, 15) is 10.1 Å². The van der Waals surface area contributed by atoms with Crippen molar-refractivity contribution >= 4 is 28.6 Å². The monoisotopic (exact) mass is 417 g/mol. The van der Waals surface area contributed by atoms with Crippen LogP contribution >= 0.6 is 11.8 Å². The Hall–Kier alpha value is -2.58. The highest BCUT2D eigenvalue weighted by atomic mass is 32.2. The Balaban J connectivity index is 1.51. The molecule has 5 heteroatoms. The predicted molar refractivity (Wildman–Crippen MR) is 122 cm³/mol. The second kappa shape index (κ2) is 9.49. The van der Waals surface area contributed by atoms with Crippen molar-refractivity contribution < 1.29 is 4.79 Å². The molecule has 0 bridgehead atoms. The van der Waals surface area contributed by atoms with Gasteiger partial charge in [0.15, 0.2) is 0 Å². The van der Waals surface area contributed by atoms with E-state index in [1.54, 1.807) is 0 Å². The third-order valence-electron chi connectivity index (χ3n) is 5.81. The first kappa shape index (κ1) is 20.7. The van der Waals surface area contributed by atoms with Gasteiger partial charge in [0, 0.05) is 28.9 Å². The highest BCUT2D eigenvalue weighted by molar-refractivity contribution is 7.99. The number of carbonyl (C=O) groups is 1. The molecular formula is C25H27N3OS. The van der Waals surface area contributed by atoms with Crippen LogP contribution < -0.4 is 0 Å². The van der Waals surface area contributed by atoms with Gasteiger partial charge in [-0.1, -0.05) is 31.5 Å². The van der Waals surface area contributed by atoms with Crippen LogP contribution in [0.1, 0.15) is 66.3 Å². The molecule has 1 aliphatic rings. The van der Waals surface area contributed by atoms with Crippen LogP contribution in [0.15, 0.2) is 41.4 Å². The summed E-state index contributed by atoms with van der Waals surface area (Å²) in [5, 5.41) is 11.4. The summed E-state index contributed by atoms with van der Waals surface area (Å²) >= 11 is 1.52. The van der Waals surface area contributed by atoms with Gasteiger partial charge < -0.3 is 0 Å². The molecule has 3 aromatic rings. The molecule has 0 N–H and O–H groups in total. The Morgan fingerprint density at radius 1 is 1.20 bits per heavy atom. The van der Waals surface area contributed by atoms with E-state index in [4.69, 9.17) is 0 Å². The number of rotatable bonds is 7. The molecule has 1 aromatic carbocycles. The van der Waals surface area contributed by atoms with Crippen LogP contribution in [0, 0.1) is 11.3 Å². The molecule has 0 spiro atoms. The number of nitrogens with zero attached hydrogens (tertiary/aromatic N) is 3. The summed E-state index contributed by atoms with van der Waals surface area (Å²) in [4.78, 5) is 17.9. The minimum atomic E-state index is 0.141. The molecule has 4 rings (SSSR count). The van der Waals surface area contributed by atoms with E-state index >= 15 is 0 Å². The first-order chi connectivity index (χ1) is 14.7. The van der Waals surface area contributed by atoms with Crippen molar-refractivity contribution in [1.29, 1.82) is 5.26 Å². The van der Waals surface area contributed by atoms with Crippen molar-refractivity contribution in [3.8, 4) is 6.07 Å². The molecule has 0 saturated heterocycles. The Labute approximate surface area is 182 Å². The lowest BCUT2D eigenvalue weighted by atomic mass is 9.95. The lowest BCUT2D eigenvalue weighted by Gasteiger charge is -2.15. The highest BCUT2D eigenvalue weighted by Crippen LogP contribution is 2.32. The van der Waals surface area contributed by atoms with Crippen molar-refractivity contribution in [3.63, 3.8) is 0 Å². The average molecular weight is 418 g/mol. The maximum atomic E-state index is 13.2. The number of para-hydroxylation sites is 1. The largest absolute Gasteiger partial charge is 0.284 e. The fourth-order valence-electron chi connectivity index (χ4n) is 4.30. The normalized spacial score (nSPS) is 13.2. The van der Waals surface area contributed by atoms with E-state index < -0.39 is 0 Å². The van der Waals surface area contributed by atoms with Gasteiger partial charge in [0.2, 0.25) is 5.91 Å². The van der Waals surface area contributed by atoms with Crippen molar-refractivity contribution in [1.82, 2.24) is 9.55 Å². The van der Waals surface area contributed by atoms with Crippen LogP contribution in [0.2, 0.25) is 0 Å². The number of unbranched alkanes of at least 4 members (excludes halogenated alkanes) is 1. The molecule has 30 heavy (non-hydrogen) atoms. The van der Waals surface area contributed by atoms with Gasteiger partial charge in [-0.3, -0.25) is 9.36 Å². The average Bonchev–Trinajstić information content (AvgIpc) is 3.12. The zero-order valence-electron chi connectivity index (χ0n) is 17.5. The third-order valence-corrected chi connectivity index (χ3v) is 6.80. The fourth-order valence-corrected chi connectivity index (χ4v) is 5.22. The van der Waals surface area contributed by atoms with Gasteiger partial charge in [0.25, 0.3) is 0 Å². The quantitative estimate of drug-likeness (QED) is 0.446. The Morgan fingerprint density at radius 2 is 2.03 bits per heavy atom. The van der Waals surface area contributed by atoms with E-state index in [1.807, 2.05) is 22.8 Å². The van der Waals surface area contributed by atoms with Crippen LogP contribution in [-0.4, -0.2) is 21.2 Å². The lowest BCUT2D eigenvalue weighted by molar-refractivity contribution is 0.0912. The van der Waals surface area contributed by atoms with Gasteiger partial charge in [-0.05, 0) is 62.3 Å². The summed E-state index contributed by atoms with van der Waals surface area (Å²) in [6.07, 6.45) is 7.94. The Kier molecular flexibility index (Phi) is 6.54. The SMILES string of the molecule is CCCCc1ccc(C#N)c(SCCC(=O)n2c3c(c4ccccc42)CCCC3)n1. The fraction of sp³-hybridized carbons (Fsp3) is 0.400. The summed E-state index contributed by atoms with van der Waals surface area (Å²) in [6.45, 7) is 2.16. The Morgan fingerprint density at radius 3 is 2.87 bits per heavy atom. The molecule has 0 unspecified atom stereocenters. The van der Waals surface area contributed by atoms with E-state index in [0.717, 1.165) is 54.8 Å². The molecule has 0 amide bonds. The van der Waals surface area contributed by atoms with Gasteiger partial charge in [-0.25, -0.2) is 4.98 Å². The predicted octanol–water partition coefficient (Wildman–Crippen LogP) is 5.95. The standard InChI is InChI=1S/C25H27N3OS/c1-2-3-8-19-14-13-18(17-26)25(27-19)30-16-15-24(29)28-22-11-6-4-9-20(22)21-10-5-7-12-23(21)28/h4,6,9,11,13-14H,2-3,5,7-8,10,12,15-16H2,1H3. The highest BCUT2D eigenvalue weighted by Gasteiger charge is 2.23. The molecule has 154 valence electrons. The number of thioether (sulfide) groups is 1. The molecule has 0 atom stereocenters. The molecule has 0 aliphatic heterocycles. The number of benzene rings is 1. The number of nitriles is 1. The minimum absolute atomic E-state index is 0.141. The van der Waals surface area contributed by atoms with Crippen molar-refractivity contribution in [2.45, 2.75) is 63.3 Å². The summed E-state index contributed by atoms with van der Waals surface area (Å²) in [6, 6.07) is 14.3. The molecule has 1 aliphatic carbocycles. The third kappa shape index (κ3) is 4.15. The van der Waals surface area contributed by atoms with E-state index in [-0.39, 0.29) is 5.91 Å². The van der Waals surface area contributed by atoms with Gasteiger partial charge in [-0.15, -0.1) is 11.8 Å². The minimum Gasteiger partial charge on any atom is -0.284 e.